The zero-order chi connectivity index (χ0) is 37.5. The molecule has 2 aromatic carbocycles. The van der Waals surface area contributed by atoms with Crippen molar-refractivity contribution in [3.8, 4) is 0 Å². The highest BCUT2D eigenvalue weighted by molar-refractivity contribution is 6.84. The molecule has 0 radical (unpaired) electrons. The Morgan fingerprint density at radius 2 is 1.49 bits per heavy atom. The van der Waals surface area contributed by atoms with Crippen molar-refractivity contribution in [2.45, 2.75) is 135 Å². The van der Waals surface area contributed by atoms with E-state index in [9.17, 15) is 14.7 Å². The van der Waals surface area contributed by atoms with Gasteiger partial charge in [0.25, 0.3) is 0 Å². The number of anilines is 1. The number of amides is 1. The monoisotopic (exact) mass is 740 g/mol. The van der Waals surface area contributed by atoms with Crippen LogP contribution in [0.3, 0.4) is 0 Å². The Balaban J connectivity index is 1.58. The SMILES string of the molecule is CC(C)[Si]1(C(C)C)OCC2O[C@@H](n3ccc4ccccc43)C(OC(=O)c3ccccc3NC(=O)OC(C)(C)C)C(O)[C@@H]2O[Si](C(C)C)(C(C)C)O1. The zero-order valence-corrected chi connectivity index (χ0v) is 33.8. The highest BCUT2D eigenvalue weighted by atomic mass is 28.5. The van der Waals surface area contributed by atoms with E-state index in [1.807, 2.05) is 41.1 Å². The minimum Gasteiger partial charge on any atom is -0.451 e. The minimum absolute atomic E-state index is 0.00865. The van der Waals surface area contributed by atoms with Crippen molar-refractivity contribution in [3.63, 3.8) is 0 Å². The van der Waals surface area contributed by atoms with Crippen molar-refractivity contribution in [3.05, 3.63) is 66.4 Å². The summed E-state index contributed by atoms with van der Waals surface area (Å²) in [5.41, 5.74) is 0.681. The van der Waals surface area contributed by atoms with Crippen LogP contribution in [0.1, 0.15) is 92.7 Å². The van der Waals surface area contributed by atoms with E-state index in [0.29, 0.717) is 0 Å². The van der Waals surface area contributed by atoms with Gasteiger partial charge in [-0.3, -0.25) is 5.32 Å². The van der Waals surface area contributed by atoms with E-state index in [2.05, 4.69) is 60.7 Å². The summed E-state index contributed by atoms with van der Waals surface area (Å²) in [4.78, 5) is 26.8. The minimum atomic E-state index is -3.16. The second-order valence-corrected chi connectivity index (χ2v) is 24.8. The van der Waals surface area contributed by atoms with Gasteiger partial charge in [-0.05, 0) is 72.6 Å². The van der Waals surface area contributed by atoms with Crippen LogP contribution in [0.2, 0.25) is 22.2 Å². The summed E-state index contributed by atoms with van der Waals surface area (Å²) in [7, 11) is -6.05. The van der Waals surface area contributed by atoms with Gasteiger partial charge in [-0.2, -0.15) is 0 Å². The average Bonchev–Trinajstić information content (AvgIpc) is 3.46. The molecule has 0 spiro atoms. The van der Waals surface area contributed by atoms with Crippen LogP contribution in [0, 0.1) is 0 Å². The number of aliphatic hydroxyl groups excluding tert-OH is 1. The Labute approximate surface area is 304 Å². The molecule has 2 N–H and O–H groups in total. The number of carbonyl (C=O) groups is 2. The lowest BCUT2D eigenvalue weighted by Gasteiger charge is -2.55. The van der Waals surface area contributed by atoms with Crippen molar-refractivity contribution in [1.82, 2.24) is 4.57 Å². The molecule has 1 amide bonds. The van der Waals surface area contributed by atoms with Crippen LogP contribution in [-0.2, 0) is 27.2 Å². The Morgan fingerprint density at radius 1 is 0.882 bits per heavy atom. The molecular formula is C38H56N2O9Si2. The van der Waals surface area contributed by atoms with E-state index in [1.54, 1.807) is 45.0 Å². The number of aliphatic hydroxyl groups is 1. The van der Waals surface area contributed by atoms with Gasteiger partial charge < -0.3 is 36.9 Å². The first-order chi connectivity index (χ1) is 23.9. The van der Waals surface area contributed by atoms with Gasteiger partial charge in [0.2, 0.25) is 0 Å². The summed E-state index contributed by atoms with van der Waals surface area (Å²) >= 11 is 0. The topological polar surface area (TPSA) is 127 Å². The largest absolute Gasteiger partial charge is 0.451 e. The lowest BCUT2D eigenvalue weighted by molar-refractivity contribution is -0.250. The fraction of sp³-hybridized carbons (Fsp3) is 0.579. The first kappa shape index (κ1) is 39.2. The molecule has 2 saturated heterocycles. The van der Waals surface area contributed by atoms with E-state index in [-0.39, 0.29) is 40.0 Å². The van der Waals surface area contributed by atoms with Crippen molar-refractivity contribution in [2.24, 2.45) is 0 Å². The third kappa shape index (κ3) is 7.85. The molecule has 5 rings (SSSR count). The van der Waals surface area contributed by atoms with Crippen molar-refractivity contribution < 1.29 is 41.9 Å². The third-order valence-corrected chi connectivity index (χ3v) is 20.1. The fourth-order valence-corrected chi connectivity index (χ4v) is 18.6. The summed E-state index contributed by atoms with van der Waals surface area (Å²) in [5.74, 6) is -0.755. The Morgan fingerprint density at radius 3 is 2.12 bits per heavy atom. The molecule has 3 heterocycles. The van der Waals surface area contributed by atoms with Crippen LogP contribution >= 0.6 is 0 Å². The molecule has 11 nitrogen and oxygen atoms in total. The van der Waals surface area contributed by atoms with E-state index in [4.69, 9.17) is 27.2 Å². The van der Waals surface area contributed by atoms with Gasteiger partial charge in [0.1, 0.15) is 23.9 Å². The number of nitrogens with one attached hydrogen (secondary N) is 1. The number of benzene rings is 2. The summed E-state index contributed by atoms with van der Waals surface area (Å²) in [6.07, 6.45) is -3.93. The summed E-state index contributed by atoms with van der Waals surface area (Å²) in [5, 5.41) is 16.1. The van der Waals surface area contributed by atoms with E-state index in [0.717, 1.165) is 10.9 Å². The summed E-state index contributed by atoms with van der Waals surface area (Å²) in [6.45, 7) is 22.5. The lowest BCUT2D eigenvalue weighted by Crippen LogP contribution is -2.69. The second kappa shape index (κ2) is 15.1. The maximum atomic E-state index is 14.1. The van der Waals surface area contributed by atoms with Gasteiger partial charge in [-0.15, -0.1) is 0 Å². The normalized spacial score (nSPS) is 25.1. The van der Waals surface area contributed by atoms with Gasteiger partial charge in [0, 0.05) is 6.20 Å². The standard InChI is InChI=1S/C38H56N2O9Si2/c1-23(2)50(24(3)4)44-22-31-33(48-51(49-50,25(5)6)26(7)8)32(41)34(35(45-31)40-21-20-27-16-12-15-19-30(27)40)46-36(42)28-17-13-14-18-29(28)39-37(43)47-38(9,10)11/h12-21,23-26,31-35,41H,22H2,1-11H3,(H,39,43)/t31?,32?,33-,34?,35-/m1/s1. The van der Waals surface area contributed by atoms with Crippen LogP contribution in [0.15, 0.2) is 60.8 Å². The smallest absolute Gasteiger partial charge is 0.412 e. The first-order valence-electron chi connectivity index (χ1n) is 18.1. The molecule has 0 bridgehead atoms. The molecule has 2 aliphatic heterocycles. The predicted molar refractivity (Wildman–Crippen MR) is 201 cm³/mol. The quantitative estimate of drug-likeness (QED) is 0.173. The third-order valence-electron chi connectivity index (χ3n) is 9.90. The van der Waals surface area contributed by atoms with Crippen LogP contribution in [0.4, 0.5) is 10.5 Å². The summed E-state index contributed by atoms with van der Waals surface area (Å²) < 4.78 is 42.0. The fourth-order valence-electron chi connectivity index (χ4n) is 7.38. The van der Waals surface area contributed by atoms with Gasteiger partial charge in [-0.1, -0.05) is 85.7 Å². The van der Waals surface area contributed by atoms with Crippen molar-refractivity contribution in [2.75, 3.05) is 11.9 Å². The maximum Gasteiger partial charge on any atom is 0.412 e. The molecule has 0 aliphatic carbocycles. The highest BCUT2D eigenvalue weighted by Gasteiger charge is 2.62. The number of carbonyl (C=O) groups excluding carboxylic acids is 2. The van der Waals surface area contributed by atoms with Crippen LogP contribution in [-0.4, -0.2) is 75.5 Å². The van der Waals surface area contributed by atoms with Gasteiger partial charge >= 0.3 is 29.2 Å². The van der Waals surface area contributed by atoms with Gasteiger partial charge in [0.15, 0.2) is 12.3 Å². The number of fused-ring (bicyclic) bond motifs is 2. The molecule has 13 heteroatoms. The van der Waals surface area contributed by atoms with E-state index >= 15 is 0 Å². The first-order valence-corrected chi connectivity index (χ1v) is 22.1. The lowest BCUT2D eigenvalue weighted by atomic mass is 9.97. The number of nitrogens with zero attached hydrogens (tertiary/aromatic N) is 1. The Kier molecular flexibility index (Phi) is 11.6. The number of esters is 1. The van der Waals surface area contributed by atoms with Gasteiger partial charge in [-0.25, -0.2) is 9.59 Å². The Hall–Kier alpha value is -3.05. The second-order valence-electron chi connectivity index (χ2n) is 15.9. The van der Waals surface area contributed by atoms with Crippen molar-refractivity contribution >= 4 is 45.8 Å². The predicted octanol–water partition coefficient (Wildman–Crippen LogP) is 8.43. The summed E-state index contributed by atoms with van der Waals surface area (Å²) in [6, 6.07) is 16.3. The maximum absolute atomic E-state index is 14.1. The number of ether oxygens (including phenoxy) is 3. The molecule has 280 valence electrons. The zero-order valence-electron chi connectivity index (χ0n) is 31.8. The highest BCUT2D eigenvalue weighted by Crippen LogP contribution is 2.48. The molecule has 1 aromatic heterocycles. The van der Waals surface area contributed by atoms with Crippen LogP contribution in [0.5, 0.6) is 0 Å². The molecule has 3 unspecified atom stereocenters. The molecule has 5 atom stereocenters. The van der Waals surface area contributed by atoms with E-state index < -0.39 is 65.4 Å². The average molecular weight is 741 g/mol. The van der Waals surface area contributed by atoms with Crippen molar-refractivity contribution in [1.29, 1.82) is 0 Å². The number of hydrogen-bond donors (Lipinski definition) is 2. The van der Waals surface area contributed by atoms with Crippen LogP contribution < -0.4 is 5.32 Å². The van der Waals surface area contributed by atoms with Crippen LogP contribution in [0.25, 0.3) is 10.9 Å². The molecule has 2 fully saturated rings. The van der Waals surface area contributed by atoms with E-state index in [1.165, 1.54) is 0 Å². The molecule has 0 saturated carbocycles. The molecule has 51 heavy (non-hydrogen) atoms. The number of aromatic nitrogens is 1. The molecular weight excluding hydrogens is 685 g/mol. The number of para-hydroxylation sites is 2. The molecule has 3 aromatic rings. The molecule has 2 aliphatic rings. The number of rotatable bonds is 8. The Bertz CT molecular complexity index is 1670. The van der Waals surface area contributed by atoms with Gasteiger partial charge in [0.05, 0.1) is 23.4 Å². The number of hydrogen-bond acceptors (Lipinski definition) is 9.